The molecule has 1 amide bonds. The molecule has 3 aromatic carbocycles. The lowest BCUT2D eigenvalue weighted by atomic mass is 10.0. The van der Waals surface area contributed by atoms with Gasteiger partial charge in [0, 0.05) is 39.2 Å². The third kappa shape index (κ3) is 5.44. The highest BCUT2D eigenvalue weighted by atomic mass is 32.2. The molecule has 0 saturated carbocycles. The van der Waals surface area contributed by atoms with Gasteiger partial charge in [-0.05, 0) is 48.7 Å². The third-order valence-electron chi connectivity index (χ3n) is 6.00. The van der Waals surface area contributed by atoms with Gasteiger partial charge >= 0.3 is 0 Å². The normalized spacial score (nSPS) is 11.8. The number of carbonyl (C=O) groups excluding carboxylic acids is 1. The molecule has 0 saturated heterocycles. The van der Waals surface area contributed by atoms with Gasteiger partial charge in [-0.1, -0.05) is 48.5 Å². The van der Waals surface area contributed by atoms with Crippen LogP contribution < -0.4 is 5.32 Å². The van der Waals surface area contributed by atoms with Gasteiger partial charge in [-0.25, -0.2) is 17.7 Å². The zero-order valence-electron chi connectivity index (χ0n) is 20.2. The summed E-state index contributed by atoms with van der Waals surface area (Å²) in [6.07, 6.45) is 1.46. The van der Waals surface area contributed by atoms with E-state index in [0.29, 0.717) is 18.5 Å². The van der Waals surface area contributed by atoms with Crippen LogP contribution >= 0.6 is 0 Å². The molecule has 0 bridgehead atoms. The lowest BCUT2D eigenvalue weighted by Gasteiger charge is -2.12. The molecule has 0 aliphatic heterocycles. The zero-order valence-corrected chi connectivity index (χ0v) is 21.0. The summed E-state index contributed by atoms with van der Waals surface area (Å²) in [7, 11) is -0.533. The first-order chi connectivity index (χ1) is 16.8. The van der Waals surface area contributed by atoms with E-state index in [2.05, 4.69) is 22.4 Å². The van der Waals surface area contributed by atoms with Crippen LogP contribution in [0.1, 0.15) is 30.3 Å². The Morgan fingerprint density at radius 1 is 1.00 bits per heavy atom. The highest BCUT2D eigenvalue weighted by Crippen LogP contribution is 2.23. The molecular formula is C27H30N4O3S. The van der Waals surface area contributed by atoms with E-state index in [0.717, 1.165) is 29.0 Å². The van der Waals surface area contributed by atoms with Crippen molar-refractivity contribution < 1.29 is 13.2 Å². The fourth-order valence-corrected chi connectivity index (χ4v) is 5.05. The van der Waals surface area contributed by atoms with Gasteiger partial charge in [-0.15, -0.1) is 0 Å². The summed E-state index contributed by atoms with van der Waals surface area (Å²) in [6, 6.07) is 23.0. The van der Waals surface area contributed by atoms with Crippen LogP contribution in [0.25, 0.3) is 11.0 Å². The van der Waals surface area contributed by atoms with Gasteiger partial charge in [-0.3, -0.25) is 4.79 Å². The summed E-state index contributed by atoms with van der Waals surface area (Å²) in [6.45, 7) is 2.68. The van der Waals surface area contributed by atoms with Gasteiger partial charge in [0.2, 0.25) is 15.9 Å². The first kappa shape index (κ1) is 24.6. The van der Waals surface area contributed by atoms with Crippen LogP contribution in [0.5, 0.6) is 0 Å². The Morgan fingerprint density at radius 3 is 2.43 bits per heavy atom. The maximum atomic E-state index is 12.8. The van der Waals surface area contributed by atoms with Crippen molar-refractivity contribution in [3.05, 3.63) is 89.7 Å². The minimum atomic E-state index is -3.55. The molecule has 0 spiro atoms. The molecule has 4 rings (SSSR count). The number of nitrogens with one attached hydrogen (secondary N) is 1. The second-order valence-electron chi connectivity index (χ2n) is 8.58. The number of nitrogens with zero attached hydrogens (tertiary/aromatic N) is 3. The number of benzene rings is 3. The zero-order chi connectivity index (χ0) is 25.0. The predicted octanol–water partition coefficient (Wildman–Crippen LogP) is 4.47. The van der Waals surface area contributed by atoms with Crippen LogP contribution in [0.15, 0.2) is 77.7 Å². The summed E-state index contributed by atoms with van der Waals surface area (Å²) in [5.74, 6) is 0.672. The maximum absolute atomic E-state index is 12.8. The fraction of sp³-hybridized carbons (Fsp3) is 0.259. The summed E-state index contributed by atoms with van der Waals surface area (Å²) in [5, 5.41) is 3.05. The van der Waals surface area contributed by atoms with E-state index in [4.69, 9.17) is 0 Å². The molecule has 0 unspecified atom stereocenters. The number of hydrogen-bond donors (Lipinski definition) is 1. The minimum Gasteiger partial charge on any atom is -0.328 e. The lowest BCUT2D eigenvalue weighted by molar-refractivity contribution is -0.116. The van der Waals surface area contributed by atoms with Crippen molar-refractivity contribution in [2.24, 2.45) is 0 Å². The number of rotatable bonds is 9. The first-order valence-electron chi connectivity index (χ1n) is 11.6. The molecule has 7 nitrogen and oxygen atoms in total. The summed E-state index contributed by atoms with van der Waals surface area (Å²) >= 11 is 0. The second-order valence-corrected chi connectivity index (χ2v) is 10.7. The number of anilines is 1. The molecule has 35 heavy (non-hydrogen) atoms. The number of aryl methyl sites for hydroxylation is 2. The molecule has 0 aliphatic carbocycles. The average Bonchev–Trinajstić information content (AvgIpc) is 3.21. The molecule has 1 aromatic heterocycles. The van der Waals surface area contributed by atoms with Gasteiger partial charge in [0.05, 0.1) is 15.9 Å². The molecule has 0 fully saturated rings. The van der Waals surface area contributed by atoms with Crippen molar-refractivity contribution in [3.63, 3.8) is 0 Å². The van der Waals surface area contributed by atoms with E-state index in [-0.39, 0.29) is 17.2 Å². The van der Waals surface area contributed by atoms with Crippen molar-refractivity contribution in [1.29, 1.82) is 0 Å². The van der Waals surface area contributed by atoms with E-state index in [1.54, 1.807) is 18.2 Å². The number of imidazole rings is 1. The number of aromatic nitrogens is 2. The van der Waals surface area contributed by atoms with Gasteiger partial charge < -0.3 is 9.88 Å². The Balaban J connectivity index is 1.49. The Labute approximate surface area is 206 Å². The van der Waals surface area contributed by atoms with Crippen LogP contribution in [0.3, 0.4) is 0 Å². The number of amides is 1. The maximum Gasteiger partial charge on any atom is 0.242 e. The predicted molar refractivity (Wildman–Crippen MR) is 139 cm³/mol. The van der Waals surface area contributed by atoms with E-state index < -0.39 is 10.0 Å². The summed E-state index contributed by atoms with van der Waals surface area (Å²) < 4.78 is 28.2. The summed E-state index contributed by atoms with van der Waals surface area (Å²) in [5.41, 5.74) is 4.51. The molecule has 0 radical (unpaired) electrons. The Morgan fingerprint density at radius 2 is 1.71 bits per heavy atom. The van der Waals surface area contributed by atoms with Gasteiger partial charge in [0.25, 0.3) is 0 Å². The second kappa shape index (κ2) is 10.4. The Hall–Kier alpha value is -3.49. The van der Waals surface area contributed by atoms with Crippen molar-refractivity contribution in [2.45, 2.75) is 37.6 Å². The first-order valence-corrected chi connectivity index (χ1v) is 13.1. The van der Waals surface area contributed by atoms with Crippen LogP contribution in [0.4, 0.5) is 5.69 Å². The molecule has 0 atom stereocenters. The average molecular weight is 491 g/mol. The van der Waals surface area contributed by atoms with Gasteiger partial charge in [0.1, 0.15) is 5.82 Å². The number of para-hydroxylation sites is 1. The van der Waals surface area contributed by atoms with Crippen molar-refractivity contribution in [1.82, 2.24) is 13.9 Å². The minimum absolute atomic E-state index is 0.0869. The van der Waals surface area contributed by atoms with Crippen molar-refractivity contribution >= 4 is 32.7 Å². The Bertz CT molecular complexity index is 1440. The molecule has 182 valence electrons. The van der Waals surface area contributed by atoms with Crippen LogP contribution in [-0.2, 0) is 34.2 Å². The molecule has 1 heterocycles. The van der Waals surface area contributed by atoms with Crippen molar-refractivity contribution in [2.75, 3.05) is 19.4 Å². The van der Waals surface area contributed by atoms with E-state index in [9.17, 15) is 13.2 Å². The SMILES string of the molecule is CCn1c(CCC(=O)Nc2ccccc2Cc2ccccc2)nc2cc(S(=O)(=O)N(C)C)ccc21. The van der Waals surface area contributed by atoms with Crippen LogP contribution in [0, 0.1) is 0 Å². The number of hydrogen-bond acceptors (Lipinski definition) is 4. The molecule has 8 heteroatoms. The smallest absolute Gasteiger partial charge is 0.242 e. The van der Waals surface area contributed by atoms with Crippen molar-refractivity contribution in [3.8, 4) is 0 Å². The monoisotopic (exact) mass is 490 g/mol. The van der Waals surface area contributed by atoms with E-state index in [1.807, 2.05) is 54.0 Å². The van der Waals surface area contributed by atoms with Crippen LogP contribution in [0.2, 0.25) is 0 Å². The standard InChI is InChI=1S/C27H30N4O3S/c1-4-31-25-15-14-22(35(33,34)30(2)3)19-24(25)28-26(31)16-17-27(32)29-23-13-9-8-12-21(23)18-20-10-6-5-7-11-20/h5-15,19H,4,16-18H2,1-3H3,(H,29,32). The molecule has 1 N–H and O–H groups in total. The largest absolute Gasteiger partial charge is 0.328 e. The summed E-state index contributed by atoms with van der Waals surface area (Å²) in [4.78, 5) is 17.7. The van der Waals surface area contributed by atoms with E-state index in [1.165, 1.54) is 24.0 Å². The quantitative estimate of drug-likeness (QED) is 0.375. The number of carbonyl (C=O) groups is 1. The highest BCUT2D eigenvalue weighted by Gasteiger charge is 2.20. The molecule has 0 aliphatic rings. The van der Waals surface area contributed by atoms with Gasteiger partial charge in [-0.2, -0.15) is 0 Å². The van der Waals surface area contributed by atoms with Gasteiger partial charge in [0.15, 0.2) is 0 Å². The lowest BCUT2D eigenvalue weighted by Crippen LogP contribution is -2.22. The third-order valence-corrected chi connectivity index (χ3v) is 7.81. The van der Waals surface area contributed by atoms with Crippen LogP contribution in [-0.4, -0.2) is 42.3 Å². The van der Waals surface area contributed by atoms with E-state index >= 15 is 0 Å². The number of fused-ring (bicyclic) bond motifs is 1. The topological polar surface area (TPSA) is 84.3 Å². The fourth-order valence-electron chi connectivity index (χ4n) is 4.12. The number of sulfonamides is 1. The molecule has 4 aromatic rings. The Kier molecular flexibility index (Phi) is 7.33. The molecular weight excluding hydrogens is 460 g/mol. The highest BCUT2D eigenvalue weighted by molar-refractivity contribution is 7.89.